The Morgan fingerprint density at radius 2 is 2.10 bits per heavy atom. The Hall–Kier alpha value is -2.24. The van der Waals surface area contributed by atoms with Crippen LogP contribution in [0.3, 0.4) is 0 Å². The van der Waals surface area contributed by atoms with E-state index in [9.17, 15) is 9.59 Å². The maximum absolute atomic E-state index is 11.9. The fraction of sp³-hybridized carbons (Fsp3) is 0.429. The summed E-state index contributed by atoms with van der Waals surface area (Å²) in [7, 11) is 1.56. The van der Waals surface area contributed by atoms with Crippen LogP contribution < -0.4 is 15.8 Å². The molecule has 1 aromatic carbocycles. The van der Waals surface area contributed by atoms with Gasteiger partial charge in [-0.25, -0.2) is 4.79 Å². The average molecular weight is 280 g/mol. The van der Waals surface area contributed by atoms with Crippen LogP contribution in [0.15, 0.2) is 18.2 Å². The summed E-state index contributed by atoms with van der Waals surface area (Å²) in [5, 5.41) is 2.50. The lowest BCUT2D eigenvalue weighted by atomic mass is 10.1. The molecule has 0 aliphatic rings. The van der Waals surface area contributed by atoms with E-state index in [1.165, 1.54) is 0 Å². The molecule has 6 heteroatoms. The lowest BCUT2D eigenvalue weighted by Crippen LogP contribution is -2.18. The third-order valence-corrected chi connectivity index (χ3v) is 2.61. The largest absolute Gasteiger partial charge is 0.491 e. The summed E-state index contributed by atoms with van der Waals surface area (Å²) in [4.78, 5) is 23.0. The molecule has 0 radical (unpaired) electrons. The third kappa shape index (κ3) is 4.46. The molecule has 3 N–H and O–H groups in total. The highest BCUT2D eigenvalue weighted by Gasteiger charge is 2.16. The Kier molecular flexibility index (Phi) is 6.36. The fourth-order valence-electron chi connectivity index (χ4n) is 1.62. The van der Waals surface area contributed by atoms with Crippen molar-refractivity contribution in [3.8, 4) is 5.75 Å². The number of hydrogen-bond donors (Lipinski definition) is 2. The summed E-state index contributed by atoms with van der Waals surface area (Å²) < 4.78 is 10.5. The minimum Gasteiger partial charge on any atom is -0.491 e. The quantitative estimate of drug-likeness (QED) is 0.447. The molecule has 110 valence electrons. The van der Waals surface area contributed by atoms with Gasteiger partial charge in [0.25, 0.3) is 0 Å². The van der Waals surface area contributed by atoms with E-state index in [1.807, 2.05) is 6.92 Å². The minimum absolute atomic E-state index is 0.0833. The summed E-state index contributed by atoms with van der Waals surface area (Å²) in [6, 6.07) is 4.93. The molecule has 20 heavy (non-hydrogen) atoms. The number of carbonyl (C=O) groups excluding carboxylic acids is 2. The Bertz CT molecular complexity index is 474. The molecular weight excluding hydrogens is 260 g/mol. The number of hydrogen-bond acceptors (Lipinski definition) is 5. The zero-order valence-corrected chi connectivity index (χ0v) is 11.8. The summed E-state index contributed by atoms with van der Waals surface area (Å²) in [5.41, 5.74) is 6.47. The predicted molar refractivity (Wildman–Crippen MR) is 75.6 cm³/mol. The number of esters is 1. The number of amides is 1. The number of nitrogen functional groups attached to an aromatic ring is 1. The molecule has 0 atom stereocenters. The Balaban J connectivity index is 2.59. The first-order valence-electron chi connectivity index (χ1n) is 6.49. The second-order valence-corrected chi connectivity index (χ2v) is 4.07. The van der Waals surface area contributed by atoms with Gasteiger partial charge in [0.1, 0.15) is 5.56 Å². The molecule has 0 fully saturated rings. The predicted octanol–water partition coefficient (Wildman–Crippen LogP) is 1.35. The van der Waals surface area contributed by atoms with Gasteiger partial charge in [0, 0.05) is 13.5 Å². The fourth-order valence-corrected chi connectivity index (χ4v) is 1.62. The normalized spacial score (nSPS) is 9.90. The van der Waals surface area contributed by atoms with Crippen molar-refractivity contribution in [1.82, 2.24) is 5.32 Å². The van der Waals surface area contributed by atoms with E-state index in [-0.39, 0.29) is 12.5 Å². The van der Waals surface area contributed by atoms with Gasteiger partial charge in [0.05, 0.1) is 18.9 Å². The van der Waals surface area contributed by atoms with E-state index in [4.69, 9.17) is 15.2 Å². The van der Waals surface area contributed by atoms with Crippen molar-refractivity contribution >= 4 is 17.6 Å². The van der Waals surface area contributed by atoms with Crippen molar-refractivity contribution in [2.45, 2.75) is 19.8 Å². The molecule has 0 saturated carbocycles. The summed E-state index contributed by atoms with van der Waals surface area (Å²) >= 11 is 0. The smallest absolute Gasteiger partial charge is 0.342 e. The van der Waals surface area contributed by atoms with Crippen LogP contribution in [-0.2, 0) is 9.53 Å². The number of ether oxygens (including phenoxy) is 2. The van der Waals surface area contributed by atoms with Crippen LogP contribution in [0.25, 0.3) is 0 Å². The van der Waals surface area contributed by atoms with Gasteiger partial charge < -0.3 is 20.5 Å². The second-order valence-electron chi connectivity index (χ2n) is 4.07. The topological polar surface area (TPSA) is 90.7 Å². The molecule has 0 bridgehead atoms. The minimum atomic E-state index is -0.502. The Labute approximate surface area is 118 Å². The molecule has 0 aromatic heterocycles. The molecule has 0 aliphatic heterocycles. The van der Waals surface area contributed by atoms with E-state index in [2.05, 4.69) is 5.32 Å². The molecule has 0 saturated heterocycles. The number of benzene rings is 1. The van der Waals surface area contributed by atoms with Crippen LogP contribution in [-0.4, -0.2) is 32.1 Å². The summed E-state index contributed by atoms with van der Waals surface area (Å²) in [6.45, 7) is 2.39. The third-order valence-electron chi connectivity index (χ3n) is 2.61. The number of para-hydroxylation sites is 1. The molecule has 0 aliphatic carbocycles. The molecule has 6 nitrogen and oxygen atoms in total. The molecule has 0 heterocycles. The van der Waals surface area contributed by atoms with Crippen molar-refractivity contribution in [3.63, 3.8) is 0 Å². The SMILES string of the molecule is CCOc1c(N)cccc1C(=O)OCCCC(=O)NC. The van der Waals surface area contributed by atoms with Gasteiger partial charge in [-0.2, -0.15) is 0 Å². The zero-order chi connectivity index (χ0) is 15.0. The molecule has 0 unspecified atom stereocenters. The lowest BCUT2D eigenvalue weighted by Gasteiger charge is -2.12. The molecular formula is C14H20N2O4. The van der Waals surface area contributed by atoms with Crippen LogP contribution in [0.1, 0.15) is 30.1 Å². The standard InChI is InChI=1S/C14H20N2O4/c1-3-19-13-10(6-4-7-11(13)15)14(18)20-9-5-8-12(17)16-2/h4,6-7H,3,5,8-9,15H2,1-2H3,(H,16,17). The summed E-state index contributed by atoms with van der Waals surface area (Å²) in [6.07, 6.45) is 0.788. The zero-order valence-electron chi connectivity index (χ0n) is 11.8. The number of rotatable bonds is 7. The summed E-state index contributed by atoms with van der Waals surface area (Å²) in [5.74, 6) is -0.246. The van der Waals surface area contributed by atoms with Crippen LogP contribution in [0, 0.1) is 0 Å². The van der Waals surface area contributed by atoms with Crippen molar-refractivity contribution in [2.75, 3.05) is 26.0 Å². The first-order chi connectivity index (χ1) is 9.60. The molecule has 0 spiro atoms. The highest BCUT2D eigenvalue weighted by molar-refractivity contribution is 5.94. The number of nitrogens with two attached hydrogens (primary N) is 1. The van der Waals surface area contributed by atoms with Crippen LogP contribution >= 0.6 is 0 Å². The van der Waals surface area contributed by atoms with Gasteiger partial charge in [-0.3, -0.25) is 4.79 Å². The van der Waals surface area contributed by atoms with Crippen molar-refractivity contribution in [2.24, 2.45) is 0 Å². The van der Waals surface area contributed by atoms with E-state index >= 15 is 0 Å². The van der Waals surface area contributed by atoms with Gasteiger partial charge in [0.2, 0.25) is 5.91 Å². The van der Waals surface area contributed by atoms with Crippen LogP contribution in [0.4, 0.5) is 5.69 Å². The monoisotopic (exact) mass is 280 g/mol. The highest BCUT2D eigenvalue weighted by Crippen LogP contribution is 2.27. The van der Waals surface area contributed by atoms with E-state index < -0.39 is 5.97 Å². The lowest BCUT2D eigenvalue weighted by molar-refractivity contribution is -0.120. The van der Waals surface area contributed by atoms with Gasteiger partial charge in [0.15, 0.2) is 5.75 Å². The van der Waals surface area contributed by atoms with Crippen LogP contribution in [0.2, 0.25) is 0 Å². The number of carbonyl (C=O) groups is 2. The van der Waals surface area contributed by atoms with Gasteiger partial charge >= 0.3 is 5.97 Å². The van der Waals surface area contributed by atoms with Crippen molar-refractivity contribution in [3.05, 3.63) is 23.8 Å². The number of nitrogens with one attached hydrogen (secondary N) is 1. The first-order valence-corrected chi connectivity index (χ1v) is 6.49. The first kappa shape index (κ1) is 15.8. The maximum atomic E-state index is 11.9. The maximum Gasteiger partial charge on any atom is 0.342 e. The molecule has 1 amide bonds. The van der Waals surface area contributed by atoms with Crippen molar-refractivity contribution < 1.29 is 19.1 Å². The van der Waals surface area contributed by atoms with Gasteiger partial charge in [-0.15, -0.1) is 0 Å². The van der Waals surface area contributed by atoms with Crippen molar-refractivity contribution in [1.29, 1.82) is 0 Å². The van der Waals surface area contributed by atoms with Crippen LogP contribution in [0.5, 0.6) is 5.75 Å². The molecule has 1 aromatic rings. The number of anilines is 1. The van der Waals surface area contributed by atoms with E-state index in [0.29, 0.717) is 36.4 Å². The Morgan fingerprint density at radius 1 is 1.35 bits per heavy atom. The van der Waals surface area contributed by atoms with Gasteiger partial charge in [-0.05, 0) is 25.5 Å². The van der Waals surface area contributed by atoms with E-state index in [0.717, 1.165) is 0 Å². The highest BCUT2D eigenvalue weighted by atomic mass is 16.5. The molecule has 1 rings (SSSR count). The second kappa shape index (κ2) is 8.04. The Morgan fingerprint density at radius 3 is 2.75 bits per heavy atom. The average Bonchev–Trinajstić information content (AvgIpc) is 2.45. The van der Waals surface area contributed by atoms with E-state index in [1.54, 1.807) is 25.2 Å². The van der Waals surface area contributed by atoms with Gasteiger partial charge in [-0.1, -0.05) is 6.07 Å².